The summed E-state index contributed by atoms with van der Waals surface area (Å²) in [5.41, 5.74) is 5.38. The van der Waals surface area contributed by atoms with Gasteiger partial charge in [-0.3, -0.25) is 0 Å². The highest BCUT2D eigenvalue weighted by atomic mass is 32.1. The summed E-state index contributed by atoms with van der Waals surface area (Å²) >= 11 is 4.95. The van der Waals surface area contributed by atoms with Crippen molar-refractivity contribution in [2.24, 2.45) is 5.73 Å². The Hall–Kier alpha value is -0.840. The molecule has 1 rings (SSSR count). The lowest BCUT2D eigenvalue weighted by Crippen LogP contribution is -2.52. The van der Waals surface area contributed by atoms with Gasteiger partial charge in [-0.15, -0.1) is 0 Å². The van der Waals surface area contributed by atoms with Crippen molar-refractivity contribution in [3.8, 4) is 0 Å². The summed E-state index contributed by atoms with van der Waals surface area (Å²) in [5, 5.41) is 2.92. The smallest absolute Gasteiger partial charge is 0.318 e. The molecule has 1 fully saturated rings. The molecule has 0 saturated carbocycles. The minimum atomic E-state index is -0.222. The molecule has 1 aliphatic heterocycles. The first-order chi connectivity index (χ1) is 6.81. The van der Waals surface area contributed by atoms with E-state index in [1.54, 1.807) is 4.90 Å². The predicted octanol–water partition coefficient (Wildman–Crippen LogP) is 1.25. The number of likely N-dealkylation sites (tertiary alicyclic amines) is 1. The maximum atomic E-state index is 11.9. The third kappa shape index (κ3) is 3.34. The van der Waals surface area contributed by atoms with Crippen molar-refractivity contribution in [1.82, 2.24) is 10.2 Å². The van der Waals surface area contributed by atoms with E-state index in [-0.39, 0.29) is 17.6 Å². The summed E-state index contributed by atoms with van der Waals surface area (Å²) in [6, 6.07) is -0.139. The molecule has 0 aliphatic carbocycles. The lowest BCUT2D eigenvalue weighted by Gasteiger charge is -2.29. The Kier molecular flexibility index (Phi) is 3.54. The molecule has 0 bridgehead atoms. The van der Waals surface area contributed by atoms with Gasteiger partial charge in [-0.1, -0.05) is 12.2 Å². The normalized spacial score (nSPS) is 21.5. The monoisotopic (exact) mass is 229 g/mol. The Balaban J connectivity index is 2.63. The van der Waals surface area contributed by atoms with Crippen LogP contribution >= 0.6 is 12.2 Å². The molecule has 0 aromatic heterocycles. The average molecular weight is 229 g/mol. The van der Waals surface area contributed by atoms with Crippen LogP contribution < -0.4 is 11.1 Å². The van der Waals surface area contributed by atoms with E-state index in [9.17, 15) is 4.79 Å². The molecule has 0 spiro atoms. The fourth-order valence-corrected chi connectivity index (χ4v) is 1.94. The highest BCUT2D eigenvalue weighted by Gasteiger charge is 2.31. The molecular formula is C10H19N3OS. The van der Waals surface area contributed by atoms with Crippen molar-refractivity contribution in [2.45, 2.75) is 45.2 Å². The molecule has 5 heteroatoms. The molecule has 15 heavy (non-hydrogen) atoms. The van der Waals surface area contributed by atoms with Gasteiger partial charge in [0.25, 0.3) is 0 Å². The molecule has 1 unspecified atom stereocenters. The van der Waals surface area contributed by atoms with E-state index in [4.69, 9.17) is 18.0 Å². The van der Waals surface area contributed by atoms with Crippen molar-refractivity contribution in [3.05, 3.63) is 0 Å². The Labute approximate surface area is 96.2 Å². The van der Waals surface area contributed by atoms with E-state index in [0.717, 1.165) is 19.4 Å². The Bertz CT molecular complexity index is 272. The first-order valence-corrected chi connectivity index (χ1v) is 5.60. The number of amides is 2. The standard InChI is InChI=1S/C10H19N3OS/c1-10(2,3)12-9(14)13-6-4-5-7(13)8(11)15/h7H,4-6H2,1-3H3,(H2,11,15)(H,12,14). The van der Waals surface area contributed by atoms with Gasteiger partial charge in [0.1, 0.15) is 0 Å². The Morgan fingerprint density at radius 1 is 1.53 bits per heavy atom. The lowest BCUT2D eigenvalue weighted by molar-refractivity contribution is 0.193. The van der Waals surface area contributed by atoms with Gasteiger partial charge in [0, 0.05) is 12.1 Å². The van der Waals surface area contributed by atoms with Gasteiger partial charge in [0.2, 0.25) is 0 Å². The second-order valence-electron chi connectivity index (χ2n) is 4.93. The van der Waals surface area contributed by atoms with Crippen molar-refractivity contribution < 1.29 is 4.79 Å². The fourth-order valence-electron chi connectivity index (χ4n) is 1.70. The van der Waals surface area contributed by atoms with E-state index in [0.29, 0.717) is 4.99 Å². The fraction of sp³-hybridized carbons (Fsp3) is 0.800. The number of nitrogens with two attached hydrogens (primary N) is 1. The Morgan fingerprint density at radius 3 is 2.60 bits per heavy atom. The van der Waals surface area contributed by atoms with Gasteiger partial charge >= 0.3 is 6.03 Å². The Morgan fingerprint density at radius 2 is 2.13 bits per heavy atom. The molecule has 4 nitrogen and oxygen atoms in total. The molecule has 1 saturated heterocycles. The number of hydrogen-bond acceptors (Lipinski definition) is 2. The number of carbonyl (C=O) groups excluding carboxylic acids is 1. The number of nitrogens with one attached hydrogen (secondary N) is 1. The van der Waals surface area contributed by atoms with Crippen LogP contribution in [0, 0.1) is 0 Å². The minimum Gasteiger partial charge on any atom is -0.392 e. The first kappa shape index (κ1) is 12.2. The second kappa shape index (κ2) is 4.35. The third-order valence-electron chi connectivity index (χ3n) is 2.32. The van der Waals surface area contributed by atoms with Crippen LogP contribution in [-0.4, -0.2) is 34.0 Å². The van der Waals surface area contributed by atoms with Crippen molar-refractivity contribution in [2.75, 3.05) is 6.54 Å². The summed E-state index contributed by atoms with van der Waals surface area (Å²) in [6.45, 7) is 6.61. The van der Waals surface area contributed by atoms with E-state index in [1.807, 2.05) is 20.8 Å². The molecule has 1 heterocycles. The van der Waals surface area contributed by atoms with Gasteiger partial charge in [-0.2, -0.15) is 0 Å². The van der Waals surface area contributed by atoms with Crippen LogP contribution in [0.3, 0.4) is 0 Å². The van der Waals surface area contributed by atoms with E-state index in [1.165, 1.54) is 0 Å². The molecule has 2 amide bonds. The number of nitrogens with zero attached hydrogens (tertiary/aromatic N) is 1. The predicted molar refractivity (Wildman–Crippen MR) is 64.8 cm³/mol. The van der Waals surface area contributed by atoms with E-state index in [2.05, 4.69) is 5.32 Å². The molecule has 86 valence electrons. The lowest BCUT2D eigenvalue weighted by atomic mass is 10.1. The zero-order chi connectivity index (χ0) is 11.6. The largest absolute Gasteiger partial charge is 0.392 e. The summed E-state index contributed by atoms with van der Waals surface area (Å²) in [7, 11) is 0. The summed E-state index contributed by atoms with van der Waals surface area (Å²) < 4.78 is 0. The topological polar surface area (TPSA) is 58.4 Å². The molecule has 1 atom stereocenters. The number of thiocarbonyl (C=S) groups is 1. The highest BCUT2D eigenvalue weighted by molar-refractivity contribution is 7.80. The summed E-state index contributed by atoms with van der Waals surface area (Å²) in [6.07, 6.45) is 1.85. The highest BCUT2D eigenvalue weighted by Crippen LogP contribution is 2.18. The zero-order valence-corrected chi connectivity index (χ0v) is 10.4. The van der Waals surface area contributed by atoms with Crippen LogP contribution in [-0.2, 0) is 0 Å². The average Bonchev–Trinajstić information content (AvgIpc) is 2.47. The molecule has 0 aromatic carbocycles. The molecule has 0 aromatic rings. The summed E-state index contributed by atoms with van der Waals surface area (Å²) in [4.78, 5) is 14.0. The van der Waals surface area contributed by atoms with Gasteiger partial charge in [0.15, 0.2) is 0 Å². The maximum Gasteiger partial charge on any atom is 0.318 e. The van der Waals surface area contributed by atoms with Gasteiger partial charge < -0.3 is 16.0 Å². The van der Waals surface area contributed by atoms with Crippen molar-refractivity contribution >= 4 is 23.2 Å². The third-order valence-corrected chi connectivity index (χ3v) is 2.60. The van der Waals surface area contributed by atoms with Crippen LogP contribution in [0.25, 0.3) is 0 Å². The van der Waals surface area contributed by atoms with Gasteiger partial charge in [0.05, 0.1) is 11.0 Å². The number of carbonyl (C=O) groups is 1. The second-order valence-corrected chi connectivity index (χ2v) is 5.41. The van der Waals surface area contributed by atoms with Crippen LogP contribution in [0.1, 0.15) is 33.6 Å². The van der Waals surface area contributed by atoms with Crippen molar-refractivity contribution in [1.29, 1.82) is 0 Å². The number of rotatable bonds is 1. The van der Waals surface area contributed by atoms with E-state index >= 15 is 0 Å². The van der Waals surface area contributed by atoms with Crippen LogP contribution in [0.2, 0.25) is 0 Å². The SMILES string of the molecule is CC(C)(C)NC(=O)N1CCCC1C(N)=S. The molecule has 3 N–H and O–H groups in total. The molecule has 1 aliphatic rings. The van der Waals surface area contributed by atoms with E-state index < -0.39 is 0 Å². The number of hydrogen-bond donors (Lipinski definition) is 2. The van der Waals surface area contributed by atoms with Gasteiger partial charge in [-0.05, 0) is 33.6 Å². The van der Waals surface area contributed by atoms with Crippen LogP contribution in [0.5, 0.6) is 0 Å². The van der Waals surface area contributed by atoms with Crippen LogP contribution in [0.4, 0.5) is 4.79 Å². The summed E-state index contributed by atoms with van der Waals surface area (Å²) in [5.74, 6) is 0. The molecular weight excluding hydrogens is 210 g/mol. The minimum absolute atomic E-state index is 0.0673. The first-order valence-electron chi connectivity index (χ1n) is 5.19. The van der Waals surface area contributed by atoms with Gasteiger partial charge in [-0.25, -0.2) is 4.79 Å². The number of urea groups is 1. The van der Waals surface area contributed by atoms with Crippen molar-refractivity contribution in [3.63, 3.8) is 0 Å². The maximum absolute atomic E-state index is 11.9. The quantitative estimate of drug-likeness (QED) is 0.665. The van der Waals surface area contributed by atoms with Crippen LogP contribution in [0.15, 0.2) is 0 Å². The molecule has 0 radical (unpaired) electrons. The zero-order valence-electron chi connectivity index (χ0n) is 9.54.